The molecule has 0 radical (unpaired) electrons. The van der Waals surface area contributed by atoms with Crippen molar-refractivity contribution >= 4 is 21.6 Å². The predicted molar refractivity (Wildman–Crippen MR) is 131 cm³/mol. The van der Waals surface area contributed by atoms with Gasteiger partial charge in [-0.1, -0.05) is 6.92 Å². The number of aromatic nitrogens is 2. The molecule has 0 aliphatic carbocycles. The average Bonchev–Trinajstić information content (AvgIpc) is 3.19. The molecule has 0 saturated carbocycles. The number of sulfonamides is 1. The minimum absolute atomic E-state index is 0.0114. The minimum Gasteiger partial charge on any atom is -0.437 e. The zero-order valence-corrected chi connectivity index (χ0v) is 21.2. The van der Waals surface area contributed by atoms with Crippen molar-refractivity contribution in [3.63, 3.8) is 0 Å². The van der Waals surface area contributed by atoms with Crippen LogP contribution in [-0.2, 0) is 14.8 Å². The lowest BCUT2D eigenvalue weighted by molar-refractivity contribution is -0.385. The molecule has 0 aliphatic heterocycles. The largest absolute Gasteiger partial charge is 0.437 e. The number of amides is 1. The summed E-state index contributed by atoms with van der Waals surface area (Å²) < 4.78 is 53.9. The first-order valence-electron chi connectivity index (χ1n) is 11.2. The van der Waals surface area contributed by atoms with Crippen LogP contribution in [0.15, 0.2) is 47.4 Å². The number of halogens is 1. The Kier molecular flexibility index (Phi) is 8.91. The highest BCUT2D eigenvalue weighted by molar-refractivity contribution is 7.89. The Labute approximate surface area is 212 Å². The van der Waals surface area contributed by atoms with E-state index in [2.05, 4.69) is 15.1 Å². The van der Waals surface area contributed by atoms with Gasteiger partial charge < -0.3 is 14.8 Å². The molecule has 0 aliphatic rings. The number of rotatable bonds is 12. The maximum atomic E-state index is 13.6. The Morgan fingerprint density at radius 3 is 2.51 bits per heavy atom. The van der Waals surface area contributed by atoms with Gasteiger partial charge in [0.2, 0.25) is 15.9 Å². The number of nitrogens with zero attached hydrogens (tertiary/aromatic N) is 3. The molecule has 198 valence electrons. The molecule has 0 saturated heterocycles. The third kappa shape index (κ3) is 6.47. The second-order valence-electron chi connectivity index (χ2n) is 7.80. The van der Waals surface area contributed by atoms with E-state index in [9.17, 15) is 27.7 Å². The number of hydrogen-bond acceptors (Lipinski definition) is 8. The molecule has 3 rings (SSSR count). The number of carbonyl (C=O) groups is 1. The van der Waals surface area contributed by atoms with Gasteiger partial charge in [-0.15, -0.1) is 0 Å². The highest BCUT2D eigenvalue weighted by Gasteiger charge is 2.27. The fourth-order valence-electron chi connectivity index (χ4n) is 3.26. The van der Waals surface area contributed by atoms with E-state index in [0.29, 0.717) is 18.7 Å². The lowest BCUT2D eigenvalue weighted by atomic mass is 10.2. The number of methoxy groups -OCH3 is 1. The molecular weight excluding hydrogens is 509 g/mol. The smallest absolute Gasteiger partial charge is 0.272 e. The predicted octanol–water partition coefficient (Wildman–Crippen LogP) is 3.08. The number of ether oxygens (including phenoxy) is 2. The topological polar surface area (TPSA) is 155 Å². The summed E-state index contributed by atoms with van der Waals surface area (Å²) in [5.41, 5.74) is 0.144. The zero-order chi connectivity index (χ0) is 27.2. The lowest BCUT2D eigenvalue weighted by Crippen LogP contribution is -2.27. The SMILES string of the molecule is CCCNC(=O)c1nn(-c2ccc(F)cc2)c(Oc2ccc([N+](=O)[O-])cc2S(=O)(=O)NCCOC)c1C. The molecule has 3 aromatic rings. The number of nitrogens with one attached hydrogen (secondary N) is 2. The Morgan fingerprint density at radius 1 is 1.19 bits per heavy atom. The first kappa shape index (κ1) is 27.7. The fraction of sp³-hybridized carbons (Fsp3) is 0.304. The van der Waals surface area contributed by atoms with Crippen molar-refractivity contribution in [2.75, 3.05) is 26.8 Å². The van der Waals surface area contributed by atoms with Crippen LogP contribution in [0, 0.1) is 22.9 Å². The van der Waals surface area contributed by atoms with Gasteiger partial charge in [-0.3, -0.25) is 14.9 Å². The van der Waals surface area contributed by atoms with E-state index in [1.165, 1.54) is 36.1 Å². The quantitative estimate of drug-likeness (QED) is 0.204. The Bertz CT molecular complexity index is 1390. The van der Waals surface area contributed by atoms with Gasteiger partial charge >= 0.3 is 0 Å². The van der Waals surface area contributed by atoms with E-state index in [1.807, 2.05) is 6.92 Å². The number of carbonyl (C=O) groups excluding carboxylic acids is 1. The summed E-state index contributed by atoms with van der Waals surface area (Å²) in [5, 5.41) is 18.4. The number of nitro benzene ring substituents is 1. The van der Waals surface area contributed by atoms with Crippen molar-refractivity contribution in [1.82, 2.24) is 19.8 Å². The van der Waals surface area contributed by atoms with E-state index in [-0.39, 0.29) is 36.0 Å². The van der Waals surface area contributed by atoms with E-state index in [4.69, 9.17) is 9.47 Å². The molecule has 2 aromatic carbocycles. The van der Waals surface area contributed by atoms with Crippen LogP contribution in [0.2, 0.25) is 0 Å². The van der Waals surface area contributed by atoms with Gasteiger partial charge in [0.05, 0.1) is 17.2 Å². The molecular formula is C23H26FN5O7S. The monoisotopic (exact) mass is 535 g/mol. The van der Waals surface area contributed by atoms with E-state index >= 15 is 0 Å². The maximum Gasteiger partial charge on any atom is 0.272 e. The van der Waals surface area contributed by atoms with Crippen molar-refractivity contribution in [1.29, 1.82) is 0 Å². The summed E-state index contributed by atoms with van der Waals surface area (Å²) in [7, 11) is -2.88. The molecule has 0 atom stereocenters. The van der Waals surface area contributed by atoms with Crippen LogP contribution in [0.3, 0.4) is 0 Å². The van der Waals surface area contributed by atoms with Crippen molar-refractivity contribution in [2.45, 2.75) is 25.2 Å². The molecule has 0 bridgehead atoms. The molecule has 1 heterocycles. The molecule has 2 N–H and O–H groups in total. The van der Waals surface area contributed by atoms with Gasteiger partial charge in [0, 0.05) is 37.9 Å². The average molecular weight is 536 g/mol. The Hall–Kier alpha value is -3.88. The van der Waals surface area contributed by atoms with Gasteiger partial charge in [0.25, 0.3) is 11.6 Å². The maximum absolute atomic E-state index is 13.6. The highest BCUT2D eigenvalue weighted by atomic mass is 32.2. The second kappa shape index (κ2) is 11.9. The van der Waals surface area contributed by atoms with Crippen LogP contribution in [0.5, 0.6) is 11.6 Å². The summed E-state index contributed by atoms with van der Waals surface area (Å²) in [6.45, 7) is 3.82. The van der Waals surface area contributed by atoms with Crippen LogP contribution in [0.1, 0.15) is 29.4 Å². The number of nitro groups is 1. The van der Waals surface area contributed by atoms with Gasteiger partial charge in [0.1, 0.15) is 16.5 Å². The van der Waals surface area contributed by atoms with Crippen LogP contribution >= 0.6 is 0 Å². The molecule has 0 fully saturated rings. The van der Waals surface area contributed by atoms with Crippen molar-refractivity contribution in [3.05, 3.63) is 69.7 Å². The third-order valence-electron chi connectivity index (χ3n) is 5.12. The van der Waals surface area contributed by atoms with Crippen LogP contribution in [0.4, 0.5) is 10.1 Å². The van der Waals surface area contributed by atoms with Gasteiger partial charge in [-0.05, 0) is 43.7 Å². The molecule has 0 unspecified atom stereocenters. The third-order valence-corrected chi connectivity index (χ3v) is 6.60. The molecule has 12 nitrogen and oxygen atoms in total. The summed E-state index contributed by atoms with van der Waals surface area (Å²) in [6.07, 6.45) is 0.687. The van der Waals surface area contributed by atoms with Gasteiger partial charge in [0.15, 0.2) is 5.69 Å². The van der Waals surface area contributed by atoms with E-state index in [0.717, 1.165) is 18.2 Å². The molecule has 0 spiro atoms. The first-order valence-corrected chi connectivity index (χ1v) is 12.7. The van der Waals surface area contributed by atoms with Crippen LogP contribution in [-0.4, -0.2) is 55.8 Å². The lowest BCUT2D eigenvalue weighted by Gasteiger charge is -2.14. The second-order valence-corrected chi connectivity index (χ2v) is 9.54. The van der Waals surface area contributed by atoms with Crippen molar-refractivity contribution in [3.8, 4) is 17.3 Å². The number of benzene rings is 2. The summed E-state index contributed by atoms with van der Waals surface area (Å²) in [5.74, 6) is -1.26. The minimum atomic E-state index is -4.27. The number of non-ortho nitro benzene ring substituents is 1. The molecule has 14 heteroatoms. The van der Waals surface area contributed by atoms with E-state index < -0.39 is 37.3 Å². The first-order chi connectivity index (χ1) is 17.6. The zero-order valence-electron chi connectivity index (χ0n) is 20.4. The highest BCUT2D eigenvalue weighted by Crippen LogP contribution is 2.35. The Morgan fingerprint density at radius 2 is 1.89 bits per heavy atom. The van der Waals surface area contributed by atoms with Crippen molar-refractivity contribution in [2.24, 2.45) is 0 Å². The molecule has 1 aromatic heterocycles. The molecule has 37 heavy (non-hydrogen) atoms. The standard InChI is InChI=1S/C23H26FN5O7S/c1-4-11-25-22(30)21-15(2)23(28(27-21)17-7-5-16(24)6-8-17)36-19-10-9-18(29(31)32)14-20(19)37(33,34)26-12-13-35-3/h5-10,14,26H,4,11-13H2,1-3H3,(H,25,30). The number of hydrogen-bond donors (Lipinski definition) is 2. The molecule has 1 amide bonds. The van der Waals surface area contributed by atoms with Crippen molar-refractivity contribution < 1.29 is 32.0 Å². The van der Waals surface area contributed by atoms with E-state index in [1.54, 1.807) is 6.92 Å². The summed E-state index contributed by atoms with van der Waals surface area (Å²) >= 11 is 0. The van der Waals surface area contributed by atoms with Crippen LogP contribution in [0.25, 0.3) is 5.69 Å². The Balaban J connectivity index is 2.15. The normalized spacial score (nSPS) is 11.4. The van der Waals surface area contributed by atoms with Gasteiger partial charge in [-0.25, -0.2) is 17.5 Å². The van der Waals surface area contributed by atoms with Gasteiger partial charge in [-0.2, -0.15) is 9.78 Å². The fourth-order valence-corrected chi connectivity index (χ4v) is 4.42. The summed E-state index contributed by atoms with van der Waals surface area (Å²) in [6, 6.07) is 8.29. The summed E-state index contributed by atoms with van der Waals surface area (Å²) in [4.78, 5) is 22.8. The van der Waals surface area contributed by atoms with Crippen LogP contribution < -0.4 is 14.8 Å².